The highest BCUT2D eigenvalue weighted by Crippen LogP contribution is 2.39. The van der Waals surface area contributed by atoms with E-state index in [1.165, 1.54) is 0 Å². The van der Waals surface area contributed by atoms with Crippen LogP contribution in [0.5, 0.6) is 17.2 Å². The lowest BCUT2D eigenvalue weighted by Crippen LogP contribution is -3.00. The second-order valence-electron chi connectivity index (χ2n) is 7.77. The third kappa shape index (κ3) is 6.60. The molecule has 0 fully saturated rings. The largest absolute Gasteiger partial charge is 1.00 e. The van der Waals surface area contributed by atoms with Gasteiger partial charge in [0, 0.05) is 36.4 Å². The van der Waals surface area contributed by atoms with Gasteiger partial charge in [-0.3, -0.25) is 12.9 Å². The smallest absolute Gasteiger partial charge is 0.762 e. The van der Waals surface area contributed by atoms with Crippen molar-refractivity contribution in [2.75, 3.05) is 0 Å². The lowest BCUT2D eigenvalue weighted by Gasteiger charge is -2.14. The number of phenolic OH excluding ortho intramolecular Hbond substituents is 3. The van der Waals surface area contributed by atoms with E-state index in [-0.39, 0.29) is 4.70 Å². The minimum absolute atomic E-state index is 0. The van der Waals surface area contributed by atoms with Gasteiger partial charge in [0.15, 0.2) is 14.7 Å². The van der Waals surface area contributed by atoms with Crippen molar-refractivity contribution in [3.8, 4) is 17.2 Å². The van der Waals surface area contributed by atoms with Crippen molar-refractivity contribution in [2.24, 2.45) is 0 Å². The molecule has 178 valence electrons. The van der Waals surface area contributed by atoms with Crippen molar-refractivity contribution in [1.82, 2.24) is 0 Å². The molecule has 0 amide bonds. The summed E-state index contributed by atoms with van der Waals surface area (Å²) in [5, 5.41) is 30.7. The van der Waals surface area contributed by atoms with E-state index in [2.05, 4.69) is 0 Å². The van der Waals surface area contributed by atoms with Gasteiger partial charge in [0.1, 0.15) is 17.2 Å². The zero-order valence-corrected chi connectivity index (χ0v) is 20.1. The second-order valence-corrected chi connectivity index (χ2v) is 9.80. The Bertz CT molecular complexity index is 930. The second kappa shape index (κ2) is 11.4. The minimum atomic E-state index is -3.67. The van der Waals surface area contributed by atoms with E-state index in [0.717, 1.165) is 48.1 Å². The molecule has 0 spiro atoms. The first-order valence-corrected chi connectivity index (χ1v) is 11.1. The van der Waals surface area contributed by atoms with Crippen LogP contribution in [0.4, 0.5) is 12.9 Å². The van der Waals surface area contributed by atoms with Crippen molar-refractivity contribution in [3.05, 3.63) is 69.8 Å². The van der Waals surface area contributed by atoms with E-state index < -0.39 is 18.4 Å². The first-order valence-electron chi connectivity index (χ1n) is 9.90. The minimum Gasteiger partial charge on any atom is -1.00 e. The highest BCUT2D eigenvalue weighted by molar-refractivity contribution is 7.97. The number of aromatic hydroxyl groups is 3. The van der Waals surface area contributed by atoms with Crippen LogP contribution in [0.25, 0.3) is 0 Å². The Hall–Kier alpha value is -2.81. The van der Waals surface area contributed by atoms with Crippen molar-refractivity contribution in [2.45, 2.75) is 56.2 Å². The molecule has 3 rings (SSSR count). The molecule has 0 aromatic heterocycles. The summed E-state index contributed by atoms with van der Waals surface area (Å²) >= 11 is 0. The number of aryl methyl sites for hydroxylation is 6. The van der Waals surface area contributed by atoms with Gasteiger partial charge in [0.2, 0.25) is 0 Å². The van der Waals surface area contributed by atoms with Crippen molar-refractivity contribution in [3.63, 3.8) is 0 Å². The summed E-state index contributed by atoms with van der Waals surface area (Å²) in [5.74, 6) is 0.968. The molecule has 0 aliphatic carbocycles. The third-order valence-electron chi connectivity index (χ3n) is 5.10. The van der Waals surface area contributed by atoms with Crippen LogP contribution < -0.4 is 4.70 Å². The summed E-state index contributed by atoms with van der Waals surface area (Å²) in [6.45, 7) is 11.5. The van der Waals surface area contributed by atoms with Gasteiger partial charge in [0.05, 0.1) is 10.9 Å². The zero-order chi connectivity index (χ0) is 24.3. The van der Waals surface area contributed by atoms with E-state index in [0.29, 0.717) is 17.2 Å². The fourth-order valence-electron chi connectivity index (χ4n) is 3.51. The summed E-state index contributed by atoms with van der Waals surface area (Å²) in [7, 11) is -4.10. The Morgan fingerprint density at radius 3 is 0.818 bits per heavy atom. The fourth-order valence-corrected chi connectivity index (χ4v) is 6.09. The Labute approximate surface area is 194 Å². The van der Waals surface area contributed by atoms with Crippen LogP contribution in [-0.2, 0) is 10.9 Å². The van der Waals surface area contributed by atoms with Gasteiger partial charge in [-0.2, -0.15) is 0 Å². The van der Waals surface area contributed by atoms with Gasteiger partial charge in [0.25, 0.3) is 0 Å². The van der Waals surface area contributed by atoms with Crippen LogP contribution in [0, 0.1) is 41.5 Å². The Morgan fingerprint density at radius 1 is 0.515 bits per heavy atom. The molecule has 9 heteroatoms. The summed E-state index contributed by atoms with van der Waals surface area (Å²) in [6, 6.07) is 12.2. The summed E-state index contributed by atoms with van der Waals surface area (Å²) in [4.78, 5) is 3.30. The van der Waals surface area contributed by atoms with Crippen molar-refractivity contribution < 1.29 is 33.0 Å². The summed E-state index contributed by atoms with van der Waals surface area (Å²) < 4.78 is 29.0. The third-order valence-corrected chi connectivity index (χ3v) is 7.22. The maximum Gasteiger partial charge on any atom is 0.762 e. The van der Waals surface area contributed by atoms with E-state index in [9.17, 15) is 28.3 Å². The zero-order valence-electron chi connectivity index (χ0n) is 19.3. The van der Waals surface area contributed by atoms with E-state index in [1.54, 1.807) is 0 Å². The molecule has 0 bridgehead atoms. The first-order chi connectivity index (χ1) is 14.8. The van der Waals surface area contributed by atoms with Gasteiger partial charge in [-0.05, 0) is 74.9 Å². The van der Waals surface area contributed by atoms with Crippen molar-refractivity contribution in [1.29, 1.82) is 0 Å². The van der Waals surface area contributed by atoms with E-state index in [1.807, 2.05) is 77.9 Å². The van der Waals surface area contributed by atoms with Crippen LogP contribution in [0.1, 0.15) is 33.4 Å². The number of hydrogen-bond donors (Lipinski definition) is 3. The van der Waals surface area contributed by atoms with Gasteiger partial charge >= 0.3 is 7.54 Å². The fraction of sp³-hybridized carbons (Fsp3) is 0.250. The molecular formula is C24H27BF4O3S. The lowest BCUT2D eigenvalue weighted by molar-refractivity contribution is -0.0000123. The molecule has 3 aromatic carbocycles. The van der Waals surface area contributed by atoms with Crippen LogP contribution >= 0.6 is 0 Å². The Balaban J connectivity index is 0.00000101. The molecule has 0 unspecified atom stereocenters. The predicted molar refractivity (Wildman–Crippen MR) is 124 cm³/mol. The molecule has 0 aliphatic heterocycles. The average Bonchev–Trinajstić information content (AvgIpc) is 2.68. The average molecular weight is 482 g/mol. The van der Waals surface area contributed by atoms with Crippen molar-refractivity contribution >= 4 is 18.4 Å². The standard InChI is InChI=1S/C24H26O3S.BF3.FH/c1-13-7-19(8-14(2)22(13)25)28(20-9-15(3)23(26)16(4)10-20)21-11-17(5)24(27)18(6)12-21;2-1(3)4;/h7-12H,1-6H3,(H2-,25,26,27);;1H. The molecule has 0 radical (unpaired) electrons. The van der Waals surface area contributed by atoms with Crippen LogP contribution in [0.15, 0.2) is 51.1 Å². The molecule has 3 aromatic rings. The maximum absolute atomic E-state index is 10.2. The normalized spacial score (nSPS) is 10.4. The molecule has 0 saturated heterocycles. The molecule has 0 heterocycles. The van der Waals surface area contributed by atoms with Gasteiger partial charge < -0.3 is 20.0 Å². The molecule has 33 heavy (non-hydrogen) atoms. The van der Waals surface area contributed by atoms with Crippen LogP contribution in [-0.4, -0.2) is 22.9 Å². The number of rotatable bonds is 3. The van der Waals surface area contributed by atoms with Crippen LogP contribution in [0.3, 0.4) is 0 Å². The highest BCUT2D eigenvalue weighted by Gasteiger charge is 2.32. The lowest BCUT2D eigenvalue weighted by atomic mass is 10.1. The van der Waals surface area contributed by atoms with Crippen LogP contribution in [0.2, 0.25) is 0 Å². The quantitative estimate of drug-likeness (QED) is 0.304. The van der Waals surface area contributed by atoms with Gasteiger partial charge in [-0.15, -0.1) is 0 Å². The summed E-state index contributed by atoms with van der Waals surface area (Å²) in [5.41, 5.74) is 5.04. The topological polar surface area (TPSA) is 60.7 Å². The molecule has 0 atom stereocenters. The molecule has 3 nitrogen and oxygen atoms in total. The predicted octanol–water partition coefficient (Wildman–Crippen LogP) is 3.63. The number of hydrogen-bond acceptors (Lipinski definition) is 3. The molecule has 3 N–H and O–H groups in total. The number of halogens is 4. The monoisotopic (exact) mass is 482 g/mol. The maximum atomic E-state index is 10.2. The number of phenols is 3. The first kappa shape index (κ1) is 28.2. The molecule has 0 saturated carbocycles. The summed E-state index contributed by atoms with van der Waals surface area (Å²) in [6.07, 6.45) is 0. The van der Waals surface area contributed by atoms with E-state index in [4.69, 9.17) is 0 Å². The molecular weight excluding hydrogens is 455 g/mol. The Morgan fingerprint density at radius 2 is 0.667 bits per heavy atom. The van der Waals surface area contributed by atoms with Gasteiger partial charge in [-0.1, -0.05) is 0 Å². The highest BCUT2D eigenvalue weighted by atomic mass is 32.2. The Kier molecular flexibility index (Phi) is 9.72. The molecule has 0 aliphatic rings. The SMILES string of the molecule is Cc1cc([S+](c2cc(C)c(O)c(C)c2)c2cc(C)c(O)c(C)c2)cc(C)c1O.FB(F)F.[F-]. The van der Waals surface area contributed by atoms with Gasteiger partial charge in [-0.25, -0.2) is 0 Å². The number of benzene rings is 3. The van der Waals surface area contributed by atoms with E-state index >= 15 is 0 Å².